The van der Waals surface area contributed by atoms with Crippen molar-refractivity contribution in [2.45, 2.75) is 6.92 Å². The van der Waals surface area contributed by atoms with Crippen LogP contribution in [0, 0.1) is 12.7 Å². The number of carbonyl (C=O) groups is 2. The standard InChI is InChI=1S/C20H17FN2O3/c1-13-6-5-7-15(20(25)26-2)18(13)22-19(24)14-8-9-17(16(21)12-14)23-10-3-4-11-23/h3-12H,1-2H3,(H,22,24). The molecule has 2 aromatic carbocycles. The molecule has 3 rings (SSSR count). The fourth-order valence-electron chi connectivity index (χ4n) is 2.65. The van der Waals surface area contributed by atoms with Gasteiger partial charge in [-0.15, -0.1) is 0 Å². The summed E-state index contributed by atoms with van der Waals surface area (Å²) in [6, 6.07) is 12.8. The van der Waals surface area contributed by atoms with Crippen molar-refractivity contribution in [1.29, 1.82) is 0 Å². The van der Waals surface area contributed by atoms with Crippen LogP contribution in [0.5, 0.6) is 0 Å². The molecule has 0 saturated heterocycles. The molecule has 0 radical (unpaired) electrons. The Morgan fingerprint density at radius 3 is 2.46 bits per heavy atom. The Morgan fingerprint density at radius 2 is 1.81 bits per heavy atom. The highest BCUT2D eigenvalue weighted by Crippen LogP contribution is 2.23. The van der Waals surface area contributed by atoms with E-state index in [2.05, 4.69) is 5.32 Å². The maximum atomic E-state index is 14.4. The number of carbonyl (C=O) groups excluding carboxylic acids is 2. The molecule has 1 amide bonds. The highest BCUT2D eigenvalue weighted by Gasteiger charge is 2.17. The third-order valence-corrected chi connectivity index (χ3v) is 4.01. The van der Waals surface area contributed by atoms with Crippen molar-refractivity contribution in [1.82, 2.24) is 4.57 Å². The van der Waals surface area contributed by atoms with E-state index >= 15 is 0 Å². The van der Waals surface area contributed by atoms with Gasteiger partial charge in [-0.3, -0.25) is 4.79 Å². The van der Waals surface area contributed by atoms with Gasteiger partial charge in [0.2, 0.25) is 0 Å². The molecule has 6 heteroatoms. The second-order valence-electron chi connectivity index (χ2n) is 5.70. The first-order chi connectivity index (χ1) is 12.5. The Kier molecular flexibility index (Phi) is 4.84. The summed E-state index contributed by atoms with van der Waals surface area (Å²) in [7, 11) is 1.27. The highest BCUT2D eigenvalue weighted by molar-refractivity contribution is 6.08. The number of para-hydroxylation sites is 1. The van der Waals surface area contributed by atoms with Gasteiger partial charge in [-0.2, -0.15) is 0 Å². The van der Waals surface area contributed by atoms with Gasteiger partial charge >= 0.3 is 5.97 Å². The summed E-state index contributed by atoms with van der Waals surface area (Å²) in [5.41, 5.74) is 1.78. The molecule has 26 heavy (non-hydrogen) atoms. The van der Waals surface area contributed by atoms with E-state index in [4.69, 9.17) is 4.74 Å². The van der Waals surface area contributed by atoms with Gasteiger partial charge < -0.3 is 14.6 Å². The Hall–Kier alpha value is -3.41. The minimum atomic E-state index is -0.557. The average molecular weight is 352 g/mol. The quantitative estimate of drug-likeness (QED) is 0.723. The third kappa shape index (κ3) is 3.35. The predicted molar refractivity (Wildman–Crippen MR) is 96.2 cm³/mol. The molecule has 1 N–H and O–H groups in total. The van der Waals surface area contributed by atoms with E-state index in [0.717, 1.165) is 0 Å². The zero-order valence-electron chi connectivity index (χ0n) is 14.3. The fraction of sp³-hybridized carbons (Fsp3) is 0.100. The van der Waals surface area contributed by atoms with Crippen LogP contribution in [-0.2, 0) is 4.74 Å². The van der Waals surface area contributed by atoms with E-state index in [-0.39, 0.29) is 11.1 Å². The SMILES string of the molecule is COC(=O)c1cccc(C)c1NC(=O)c1ccc(-n2cccc2)c(F)c1. The molecule has 0 aliphatic rings. The van der Waals surface area contributed by atoms with Crippen LogP contribution >= 0.6 is 0 Å². The number of esters is 1. The van der Waals surface area contributed by atoms with Gasteiger partial charge in [0.1, 0.15) is 5.82 Å². The first kappa shape index (κ1) is 17.4. The number of rotatable bonds is 4. The monoisotopic (exact) mass is 352 g/mol. The second kappa shape index (κ2) is 7.23. The highest BCUT2D eigenvalue weighted by atomic mass is 19.1. The van der Waals surface area contributed by atoms with E-state index in [1.807, 2.05) is 0 Å². The number of hydrogen-bond acceptors (Lipinski definition) is 3. The van der Waals surface area contributed by atoms with Crippen LogP contribution in [0.2, 0.25) is 0 Å². The number of halogens is 1. The number of amides is 1. The maximum absolute atomic E-state index is 14.4. The maximum Gasteiger partial charge on any atom is 0.339 e. The zero-order chi connectivity index (χ0) is 18.7. The number of anilines is 1. The zero-order valence-corrected chi connectivity index (χ0v) is 14.3. The van der Waals surface area contributed by atoms with Crippen molar-refractivity contribution in [3.8, 4) is 5.69 Å². The topological polar surface area (TPSA) is 60.3 Å². The molecule has 0 aliphatic heterocycles. The van der Waals surface area contributed by atoms with Gasteiger partial charge in [-0.25, -0.2) is 9.18 Å². The average Bonchev–Trinajstić information content (AvgIpc) is 3.16. The Morgan fingerprint density at radius 1 is 1.08 bits per heavy atom. The van der Waals surface area contributed by atoms with Crippen LogP contribution in [0.4, 0.5) is 10.1 Å². The molecule has 0 saturated carbocycles. The summed E-state index contributed by atoms with van der Waals surface area (Å²) in [4.78, 5) is 24.4. The molecule has 0 bridgehead atoms. The van der Waals surface area contributed by atoms with Gasteiger partial charge in [0.25, 0.3) is 5.91 Å². The predicted octanol–water partition coefficient (Wildman–Crippen LogP) is 3.96. The number of methoxy groups -OCH3 is 1. The summed E-state index contributed by atoms with van der Waals surface area (Å²) >= 11 is 0. The van der Waals surface area contributed by atoms with Crippen molar-refractivity contribution >= 4 is 17.6 Å². The number of hydrogen-bond donors (Lipinski definition) is 1. The number of ether oxygens (including phenoxy) is 1. The van der Waals surface area contributed by atoms with E-state index in [1.54, 1.807) is 54.2 Å². The van der Waals surface area contributed by atoms with Gasteiger partial charge in [0.15, 0.2) is 0 Å². The fourth-order valence-corrected chi connectivity index (χ4v) is 2.65. The normalized spacial score (nSPS) is 10.4. The summed E-state index contributed by atoms with van der Waals surface area (Å²) in [6.45, 7) is 1.76. The second-order valence-corrected chi connectivity index (χ2v) is 5.70. The molecule has 1 heterocycles. The molecule has 5 nitrogen and oxygen atoms in total. The number of nitrogens with zero attached hydrogens (tertiary/aromatic N) is 1. The number of aryl methyl sites for hydroxylation is 1. The molecule has 3 aromatic rings. The van der Waals surface area contributed by atoms with E-state index in [1.165, 1.54) is 25.3 Å². The van der Waals surface area contributed by atoms with E-state index < -0.39 is 17.7 Å². The number of aromatic nitrogens is 1. The van der Waals surface area contributed by atoms with Crippen molar-refractivity contribution in [2.75, 3.05) is 12.4 Å². The lowest BCUT2D eigenvalue weighted by Gasteiger charge is -2.13. The Labute approximate surface area is 150 Å². The van der Waals surface area contributed by atoms with Gasteiger partial charge in [0, 0.05) is 18.0 Å². The molecule has 0 unspecified atom stereocenters. The minimum absolute atomic E-state index is 0.150. The van der Waals surface area contributed by atoms with Crippen LogP contribution < -0.4 is 5.32 Å². The largest absolute Gasteiger partial charge is 0.465 e. The molecule has 1 aromatic heterocycles. The molecule has 132 valence electrons. The van der Waals surface area contributed by atoms with Crippen molar-refractivity contribution in [3.05, 3.63) is 83.4 Å². The summed E-state index contributed by atoms with van der Waals surface area (Å²) in [5.74, 6) is -1.59. The van der Waals surface area contributed by atoms with Gasteiger partial charge in [-0.05, 0) is 48.9 Å². The minimum Gasteiger partial charge on any atom is -0.465 e. The molecule has 0 fully saturated rings. The molecular weight excluding hydrogens is 335 g/mol. The van der Waals surface area contributed by atoms with Crippen LogP contribution in [0.25, 0.3) is 5.69 Å². The summed E-state index contributed by atoms with van der Waals surface area (Å²) < 4.78 is 20.7. The molecule has 0 spiro atoms. The number of nitrogens with one attached hydrogen (secondary N) is 1. The molecule has 0 aliphatic carbocycles. The number of benzene rings is 2. The van der Waals surface area contributed by atoms with Crippen molar-refractivity contribution < 1.29 is 18.7 Å². The lowest BCUT2D eigenvalue weighted by molar-refractivity contribution is 0.0602. The van der Waals surface area contributed by atoms with Crippen LogP contribution in [-0.4, -0.2) is 23.6 Å². The third-order valence-electron chi connectivity index (χ3n) is 4.01. The lowest BCUT2D eigenvalue weighted by atomic mass is 10.1. The summed E-state index contributed by atoms with van der Waals surface area (Å²) in [5, 5.41) is 2.68. The Balaban J connectivity index is 1.90. The molecule has 0 atom stereocenters. The van der Waals surface area contributed by atoms with Gasteiger partial charge in [-0.1, -0.05) is 12.1 Å². The van der Waals surface area contributed by atoms with Crippen LogP contribution in [0.1, 0.15) is 26.3 Å². The lowest BCUT2D eigenvalue weighted by Crippen LogP contribution is -2.17. The smallest absolute Gasteiger partial charge is 0.339 e. The van der Waals surface area contributed by atoms with E-state index in [0.29, 0.717) is 16.9 Å². The Bertz CT molecular complexity index is 965. The summed E-state index contributed by atoms with van der Waals surface area (Å²) in [6.07, 6.45) is 3.43. The van der Waals surface area contributed by atoms with Crippen LogP contribution in [0.3, 0.4) is 0 Å². The first-order valence-electron chi connectivity index (χ1n) is 7.93. The van der Waals surface area contributed by atoms with Crippen molar-refractivity contribution in [2.24, 2.45) is 0 Å². The van der Waals surface area contributed by atoms with Crippen molar-refractivity contribution in [3.63, 3.8) is 0 Å². The van der Waals surface area contributed by atoms with Gasteiger partial charge in [0.05, 0.1) is 24.0 Å². The van der Waals surface area contributed by atoms with Crippen LogP contribution in [0.15, 0.2) is 60.9 Å². The van der Waals surface area contributed by atoms with E-state index in [9.17, 15) is 14.0 Å². The molecular formula is C20H17FN2O3. The first-order valence-corrected chi connectivity index (χ1v) is 7.93.